The van der Waals surface area contributed by atoms with Gasteiger partial charge in [0.15, 0.2) is 5.78 Å². The van der Waals surface area contributed by atoms with E-state index in [2.05, 4.69) is 0 Å². The summed E-state index contributed by atoms with van der Waals surface area (Å²) >= 11 is 0. The standard InChI is InChI=1S/C18H19NO/c1-14-9-11-16(12-10-14)18(20)17(13-19(2)3)15-7-5-4-6-8-15/h4-13H,1-3H3/b17-13+. The maximum absolute atomic E-state index is 12.7. The maximum Gasteiger partial charge on any atom is 0.195 e. The van der Waals surface area contributed by atoms with Crippen molar-refractivity contribution < 1.29 is 4.79 Å². The van der Waals surface area contributed by atoms with Crippen molar-refractivity contribution in [2.75, 3.05) is 14.1 Å². The van der Waals surface area contributed by atoms with Crippen LogP contribution in [-0.2, 0) is 0 Å². The van der Waals surface area contributed by atoms with Crippen LogP contribution < -0.4 is 0 Å². The van der Waals surface area contributed by atoms with Crippen LogP contribution in [0.1, 0.15) is 21.5 Å². The van der Waals surface area contributed by atoms with Crippen LogP contribution in [-0.4, -0.2) is 24.8 Å². The molecule has 2 nitrogen and oxygen atoms in total. The molecule has 2 aromatic rings. The van der Waals surface area contributed by atoms with Gasteiger partial charge in [-0.1, -0.05) is 60.2 Å². The maximum atomic E-state index is 12.7. The number of aryl methyl sites for hydroxylation is 1. The van der Waals surface area contributed by atoms with Gasteiger partial charge in [-0.15, -0.1) is 0 Å². The second-order valence-electron chi connectivity index (χ2n) is 5.07. The molecule has 0 aromatic heterocycles. The molecule has 0 saturated carbocycles. The minimum atomic E-state index is 0.0462. The van der Waals surface area contributed by atoms with Crippen LogP contribution in [0, 0.1) is 6.92 Å². The molecule has 2 heteroatoms. The van der Waals surface area contributed by atoms with Crippen molar-refractivity contribution in [1.82, 2.24) is 4.90 Å². The monoisotopic (exact) mass is 265 g/mol. The molecule has 0 bridgehead atoms. The van der Waals surface area contributed by atoms with E-state index in [0.29, 0.717) is 11.1 Å². The highest BCUT2D eigenvalue weighted by Gasteiger charge is 2.14. The molecule has 0 unspecified atom stereocenters. The smallest absolute Gasteiger partial charge is 0.195 e. The second-order valence-corrected chi connectivity index (χ2v) is 5.07. The van der Waals surface area contributed by atoms with E-state index in [-0.39, 0.29) is 5.78 Å². The second kappa shape index (κ2) is 6.20. The SMILES string of the molecule is Cc1ccc(C(=O)/C(=C/N(C)C)c2ccccc2)cc1. The van der Waals surface area contributed by atoms with Gasteiger partial charge in [0.05, 0.1) is 0 Å². The third-order valence-electron chi connectivity index (χ3n) is 3.03. The highest BCUT2D eigenvalue weighted by atomic mass is 16.1. The molecule has 0 fully saturated rings. The highest BCUT2D eigenvalue weighted by Crippen LogP contribution is 2.20. The first kappa shape index (κ1) is 14.1. The molecule has 0 aliphatic carbocycles. The Bertz CT molecular complexity index is 610. The molecule has 0 aliphatic heterocycles. The van der Waals surface area contributed by atoms with Gasteiger partial charge in [-0.05, 0) is 12.5 Å². The molecular weight excluding hydrogens is 246 g/mol. The quantitative estimate of drug-likeness (QED) is 0.619. The molecule has 0 heterocycles. The molecule has 0 spiro atoms. The number of carbonyl (C=O) groups excluding carboxylic acids is 1. The van der Waals surface area contributed by atoms with Crippen LogP contribution in [0.2, 0.25) is 0 Å². The Morgan fingerprint density at radius 1 is 0.900 bits per heavy atom. The predicted molar refractivity (Wildman–Crippen MR) is 83.6 cm³/mol. The van der Waals surface area contributed by atoms with E-state index < -0.39 is 0 Å². The normalized spacial score (nSPS) is 11.2. The minimum Gasteiger partial charge on any atom is -0.383 e. The molecule has 102 valence electrons. The van der Waals surface area contributed by atoms with Crippen molar-refractivity contribution in [3.8, 4) is 0 Å². The average molecular weight is 265 g/mol. The molecule has 0 atom stereocenters. The summed E-state index contributed by atoms with van der Waals surface area (Å²) in [6.07, 6.45) is 1.87. The number of allylic oxidation sites excluding steroid dienone is 1. The van der Waals surface area contributed by atoms with Crippen LogP contribution in [0.25, 0.3) is 5.57 Å². The summed E-state index contributed by atoms with van der Waals surface area (Å²) in [5.74, 6) is 0.0462. The summed E-state index contributed by atoms with van der Waals surface area (Å²) in [6, 6.07) is 17.4. The lowest BCUT2D eigenvalue weighted by molar-refractivity contribution is 0.105. The van der Waals surface area contributed by atoms with Crippen molar-refractivity contribution in [2.24, 2.45) is 0 Å². The van der Waals surface area contributed by atoms with Crippen LogP contribution in [0.3, 0.4) is 0 Å². The van der Waals surface area contributed by atoms with Gasteiger partial charge in [-0.3, -0.25) is 4.79 Å². The van der Waals surface area contributed by atoms with Gasteiger partial charge in [0, 0.05) is 31.4 Å². The number of hydrogen-bond donors (Lipinski definition) is 0. The summed E-state index contributed by atoms with van der Waals surface area (Å²) in [5.41, 5.74) is 3.51. The third-order valence-corrected chi connectivity index (χ3v) is 3.03. The lowest BCUT2D eigenvalue weighted by Crippen LogP contribution is -2.09. The Morgan fingerprint density at radius 2 is 1.50 bits per heavy atom. The van der Waals surface area contributed by atoms with Crippen LogP contribution in [0.15, 0.2) is 60.8 Å². The highest BCUT2D eigenvalue weighted by molar-refractivity contribution is 6.28. The Kier molecular flexibility index (Phi) is 4.36. The van der Waals surface area contributed by atoms with E-state index in [4.69, 9.17) is 0 Å². The van der Waals surface area contributed by atoms with Crippen LogP contribution in [0.4, 0.5) is 0 Å². The predicted octanol–water partition coefficient (Wildman–Crippen LogP) is 3.78. The Labute approximate surface area is 120 Å². The van der Waals surface area contributed by atoms with Crippen LogP contribution in [0.5, 0.6) is 0 Å². The molecule has 0 radical (unpaired) electrons. The first-order valence-electron chi connectivity index (χ1n) is 6.63. The van der Waals surface area contributed by atoms with Crippen molar-refractivity contribution in [2.45, 2.75) is 6.92 Å². The largest absolute Gasteiger partial charge is 0.383 e. The summed E-state index contributed by atoms with van der Waals surface area (Å²) in [4.78, 5) is 14.6. The van der Waals surface area contributed by atoms with E-state index in [1.165, 1.54) is 0 Å². The summed E-state index contributed by atoms with van der Waals surface area (Å²) in [7, 11) is 3.84. The molecule has 0 saturated heterocycles. The zero-order valence-electron chi connectivity index (χ0n) is 12.1. The van der Waals surface area contributed by atoms with E-state index >= 15 is 0 Å². The molecule has 2 rings (SSSR count). The number of nitrogens with zero attached hydrogens (tertiary/aromatic N) is 1. The van der Waals surface area contributed by atoms with Gasteiger partial charge in [-0.2, -0.15) is 0 Å². The first-order valence-corrected chi connectivity index (χ1v) is 6.63. The topological polar surface area (TPSA) is 20.3 Å². The molecule has 0 aliphatic rings. The Balaban J connectivity index is 2.42. The Hall–Kier alpha value is -2.35. The van der Waals surface area contributed by atoms with Crippen molar-refractivity contribution in [3.05, 3.63) is 77.5 Å². The van der Waals surface area contributed by atoms with Gasteiger partial charge >= 0.3 is 0 Å². The first-order chi connectivity index (χ1) is 9.58. The fraction of sp³-hybridized carbons (Fsp3) is 0.167. The zero-order chi connectivity index (χ0) is 14.5. The van der Waals surface area contributed by atoms with Gasteiger partial charge in [0.2, 0.25) is 0 Å². The lowest BCUT2D eigenvalue weighted by Gasteiger charge is -2.12. The van der Waals surface area contributed by atoms with E-state index in [1.807, 2.05) is 86.7 Å². The van der Waals surface area contributed by atoms with E-state index in [9.17, 15) is 4.79 Å². The third kappa shape index (κ3) is 3.35. The summed E-state index contributed by atoms with van der Waals surface area (Å²) in [6.45, 7) is 2.02. The van der Waals surface area contributed by atoms with Crippen molar-refractivity contribution in [1.29, 1.82) is 0 Å². The number of hydrogen-bond acceptors (Lipinski definition) is 2. The minimum absolute atomic E-state index is 0.0462. The van der Waals surface area contributed by atoms with Gasteiger partial charge in [-0.25, -0.2) is 0 Å². The molecule has 20 heavy (non-hydrogen) atoms. The number of ketones is 1. The van der Waals surface area contributed by atoms with Crippen molar-refractivity contribution in [3.63, 3.8) is 0 Å². The summed E-state index contributed by atoms with van der Waals surface area (Å²) < 4.78 is 0. The Morgan fingerprint density at radius 3 is 2.05 bits per heavy atom. The van der Waals surface area contributed by atoms with Crippen LogP contribution >= 0.6 is 0 Å². The molecular formula is C18H19NO. The van der Waals surface area contributed by atoms with E-state index in [0.717, 1.165) is 11.1 Å². The number of Topliss-reactive ketones (excluding diaryl/α,β-unsaturated/α-hetero) is 1. The van der Waals surface area contributed by atoms with Gasteiger partial charge in [0.25, 0.3) is 0 Å². The molecule has 0 N–H and O–H groups in total. The molecule has 0 amide bonds. The van der Waals surface area contributed by atoms with Gasteiger partial charge < -0.3 is 4.90 Å². The molecule has 2 aromatic carbocycles. The van der Waals surface area contributed by atoms with Gasteiger partial charge in [0.1, 0.15) is 0 Å². The lowest BCUT2D eigenvalue weighted by atomic mass is 9.97. The number of carbonyl (C=O) groups is 1. The zero-order valence-corrected chi connectivity index (χ0v) is 12.1. The van der Waals surface area contributed by atoms with E-state index in [1.54, 1.807) is 0 Å². The van der Waals surface area contributed by atoms with Crippen molar-refractivity contribution >= 4 is 11.4 Å². The number of benzene rings is 2. The average Bonchev–Trinajstić information content (AvgIpc) is 2.45. The summed E-state index contributed by atoms with van der Waals surface area (Å²) in [5, 5.41) is 0. The number of rotatable bonds is 4. The fourth-order valence-corrected chi connectivity index (χ4v) is 2.00. The fourth-order valence-electron chi connectivity index (χ4n) is 2.00.